The molecule has 0 bridgehead atoms. The minimum atomic E-state index is -0.964. The Morgan fingerprint density at radius 1 is 1.27 bits per heavy atom. The van der Waals surface area contributed by atoms with Crippen LogP contribution in [0.15, 0.2) is 18.2 Å². The van der Waals surface area contributed by atoms with Crippen LogP contribution < -0.4 is 10.6 Å². The summed E-state index contributed by atoms with van der Waals surface area (Å²) in [7, 11) is 3.89. The number of aliphatic hydroxyl groups is 1. The summed E-state index contributed by atoms with van der Waals surface area (Å²) < 4.78 is 0. The number of nitrogens with zero attached hydrogens (tertiary/aromatic N) is 1. The molecule has 22 heavy (non-hydrogen) atoms. The van der Waals surface area contributed by atoms with Gasteiger partial charge in [0.05, 0.1) is 6.10 Å². The Bertz CT molecular complexity index is 501. The van der Waals surface area contributed by atoms with Crippen molar-refractivity contribution in [3.05, 3.63) is 33.8 Å². The minimum Gasteiger partial charge on any atom is -0.386 e. The van der Waals surface area contributed by atoms with Gasteiger partial charge in [-0.2, -0.15) is 0 Å². The lowest BCUT2D eigenvalue weighted by molar-refractivity contribution is 0.168. The van der Waals surface area contributed by atoms with E-state index in [1.54, 1.807) is 18.2 Å². The number of carbonyl (C=O) groups excluding carboxylic acids is 1. The molecule has 5 nitrogen and oxygen atoms in total. The first kappa shape index (κ1) is 19.0. The lowest BCUT2D eigenvalue weighted by Gasteiger charge is -2.32. The summed E-state index contributed by atoms with van der Waals surface area (Å²) in [6, 6.07) is 4.64. The normalized spacial score (nSPS) is 13.1. The Kier molecular flexibility index (Phi) is 6.94. The van der Waals surface area contributed by atoms with Crippen LogP contribution in [0.5, 0.6) is 0 Å². The molecule has 0 aromatic heterocycles. The number of benzene rings is 1. The second-order valence-electron chi connectivity index (χ2n) is 5.92. The van der Waals surface area contributed by atoms with E-state index < -0.39 is 6.10 Å². The number of urea groups is 1. The molecule has 1 rings (SSSR count). The molecule has 7 heteroatoms. The van der Waals surface area contributed by atoms with E-state index in [2.05, 4.69) is 10.6 Å². The number of likely N-dealkylation sites (N-methyl/N-ethyl adjacent to an activating group) is 1. The van der Waals surface area contributed by atoms with Crippen LogP contribution in [0.1, 0.15) is 25.5 Å². The highest BCUT2D eigenvalue weighted by atomic mass is 35.5. The number of halogens is 2. The van der Waals surface area contributed by atoms with Crippen molar-refractivity contribution in [1.29, 1.82) is 0 Å². The largest absolute Gasteiger partial charge is 0.386 e. The number of carbonyl (C=O) groups is 1. The second kappa shape index (κ2) is 8.02. The highest BCUT2D eigenvalue weighted by molar-refractivity contribution is 6.36. The average Bonchev–Trinajstić information content (AvgIpc) is 2.42. The van der Waals surface area contributed by atoms with Gasteiger partial charge < -0.3 is 20.6 Å². The van der Waals surface area contributed by atoms with Crippen LogP contribution in [-0.4, -0.2) is 48.8 Å². The van der Waals surface area contributed by atoms with Gasteiger partial charge in [-0.3, -0.25) is 0 Å². The first-order valence-corrected chi connectivity index (χ1v) is 7.72. The molecule has 3 N–H and O–H groups in total. The van der Waals surface area contributed by atoms with E-state index in [4.69, 9.17) is 23.2 Å². The molecule has 0 radical (unpaired) electrons. The van der Waals surface area contributed by atoms with E-state index in [-0.39, 0.29) is 18.1 Å². The zero-order chi connectivity index (χ0) is 16.9. The maximum absolute atomic E-state index is 11.8. The molecule has 0 aliphatic carbocycles. The first-order chi connectivity index (χ1) is 10.1. The zero-order valence-corrected chi connectivity index (χ0v) is 14.8. The highest BCUT2D eigenvalue weighted by Gasteiger charge is 2.21. The fourth-order valence-electron chi connectivity index (χ4n) is 1.64. The molecule has 0 saturated heterocycles. The van der Waals surface area contributed by atoms with Crippen molar-refractivity contribution >= 4 is 29.2 Å². The Balaban J connectivity index is 2.51. The molecule has 1 aromatic rings. The molecule has 1 atom stereocenters. The van der Waals surface area contributed by atoms with Gasteiger partial charge in [0, 0.05) is 34.2 Å². The van der Waals surface area contributed by atoms with Crippen LogP contribution >= 0.6 is 23.2 Å². The maximum atomic E-state index is 11.8. The number of aliphatic hydroxyl groups excluding tert-OH is 1. The van der Waals surface area contributed by atoms with Crippen molar-refractivity contribution in [3.8, 4) is 0 Å². The van der Waals surface area contributed by atoms with Crippen LogP contribution in [0.3, 0.4) is 0 Å². The van der Waals surface area contributed by atoms with Crippen molar-refractivity contribution in [2.24, 2.45) is 0 Å². The van der Waals surface area contributed by atoms with E-state index in [1.807, 2.05) is 32.8 Å². The number of amides is 2. The van der Waals surface area contributed by atoms with Gasteiger partial charge in [-0.1, -0.05) is 29.3 Å². The molecular formula is C15H23Cl2N3O2. The molecule has 0 spiro atoms. The predicted octanol–water partition coefficient (Wildman–Crippen LogP) is 2.67. The van der Waals surface area contributed by atoms with Gasteiger partial charge in [-0.15, -0.1) is 0 Å². The Morgan fingerprint density at radius 3 is 2.32 bits per heavy atom. The number of hydrogen-bond donors (Lipinski definition) is 3. The quantitative estimate of drug-likeness (QED) is 0.741. The molecule has 124 valence electrons. The van der Waals surface area contributed by atoms with Crippen molar-refractivity contribution in [1.82, 2.24) is 15.5 Å². The summed E-state index contributed by atoms with van der Waals surface area (Å²) in [6.45, 7) is 4.55. The lowest BCUT2D eigenvalue weighted by Crippen LogP contribution is -2.50. The Labute approximate surface area is 141 Å². The van der Waals surface area contributed by atoms with E-state index in [0.29, 0.717) is 22.2 Å². The predicted molar refractivity (Wildman–Crippen MR) is 90.6 cm³/mol. The van der Waals surface area contributed by atoms with E-state index in [9.17, 15) is 9.90 Å². The summed E-state index contributed by atoms with van der Waals surface area (Å²) in [5.41, 5.74) is 0.252. The SMILES string of the molecule is CN(C)C(C)(C)CNC(=O)NCC(O)c1c(Cl)cccc1Cl. The fraction of sp³-hybridized carbons (Fsp3) is 0.533. The smallest absolute Gasteiger partial charge is 0.314 e. The van der Waals surface area contributed by atoms with E-state index >= 15 is 0 Å². The highest BCUT2D eigenvalue weighted by Crippen LogP contribution is 2.29. The third-order valence-electron chi connectivity index (χ3n) is 3.68. The molecule has 1 unspecified atom stereocenters. The first-order valence-electron chi connectivity index (χ1n) is 6.96. The van der Waals surface area contributed by atoms with Gasteiger partial charge in [0.25, 0.3) is 0 Å². The van der Waals surface area contributed by atoms with Crippen LogP contribution in [0, 0.1) is 0 Å². The average molecular weight is 348 g/mol. The third-order valence-corrected chi connectivity index (χ3v) is 4.34. The fourth-order valence-corrected chi connectivity index (χ4v) is 2.29. The molecule has 0 heterocycles. The summed E-state index contributed by atoms with van der Waals surface area (Å²) >= 11 is 12.0. The molecule has 0 fully saturated rings. The van der Waals surface area contributed by atoms with Crippen molar-refractivity contribution in [3.63, 3.8) is 0 Å². The summed E-state index contributed by atoms with van der Waals surface area (Å²) in [6.07, 6.45) is -0.964. The monoisotopic (exact) mass is 347 g/mol. The number of rotatable bonds is 6. The summed E-state index contributed by atoms with van der Waals surface area (Å²) in [5, 5.41) is 16.3. The Morgan fingerprint density at radius 2 is 1.82 bits per heavy atom. The van der Waals surface area contributed by atoms with Crippen LogP contribution in [0.2, 0.25) is 10.0 Å². The van der Waals surface area contributed by atoms with Gasteiger partial charge in [-0.05, 0) is 40.1 Å². The van der Waals surface area contributed by atoms with E-state index in [1.165, 1.54) is 0 Å². The minimum absolute atomic E-state index is 0.0255. The van der Waals surface area contributed by atoms with Gasteiger partial charge in [0.15, 0.2) is 0 Å². The van der Waals surface area contributed by atoms with Gasteiger partial charge in [0.1, 0.15) is 0 Å². The van der Waals surface area contributed by atoms with Crippen molar-refractivity contribution in [2.45, 2.75) is 25.5 Å². The van der Waals surface area contributed by atoms with E-state index in [0.717, 1.165) is 0 Å². The second-order valence-corrected chi connectivity index (χ2v) is 6.74. The topological polar surface area (TPSA) is 64.6 Å². The molecule has 1 aromatic carbocycles. The lowest BCUT2D eigenvalue weighted by atomic mass is 10.0. The van der Waals surface area contributed by atoms with Crippen molar-refractivity contribution < 1.29 is 9.90 Å². The van der Waals surface area contributed by atoms with Gasteiger partial charge in [0.2, 0.25) is 0 Å². The van der Waals surface area contributed by atoms with Crippen LogP contribution in [0.4, 0.5) is 4.79 Å². The third kappa shape index (κ3) is 5.32. The molecule has 0 saturated carbocycles. The standard InChI is InChI=1S/C15H23Cl2N3O2/c1-15(2,20(3)4)9-19-14(22)18-8-12(21)13-10(16)6-5-7-11(13)17/h5-7,12,21H,8-9H2,1-4H3,(H2,18,19,22). The summed E-state index contributed by atoms with van der Waals surface area (Å²) in [4.78, 5) is 13.8. The van der Waals surface area contributed by atoms with Crippen molar-refractivity contribution in [2.75, 3.05) is 27.2 Å². The number of nitrogens with one attached hydrogen (secondary N) is 2. The summed E-state index contributed by atoms with van der Waals surface area (Å²) in [5.74, 6) is 0. The zero-order valence-electron chi connectivity index (χ0n) is 13.3. The van der Waals surface area contributed by atoms with Gasteiger partial charge in [-0.25, -0.2) is 4.79 Å². The molecule has 2 amide bonds. The van der Waals surface area contributed by atoms with Gasteiger partial charge >= 0.3 is 6.03 Å². The maximum Gasteiger partial charge on any atom is 0.314 e. The van der Waals surface area contributed by atoms with Crippen LogP contribution in [0.25, 0.3) is 0 Å². The number of hydrogen-bond acceptors (Lipinski definition) is 3. The van der Waals surface area contributed by atoms with Crippen LogP contribution in [-0.2, 0) is 0 Å². The molecular weight excluding hydrogens is 325 g/mol. The molecule has 0 aliphatic rings. The Hall–Kier alpha value is -1.01. The molecule has 0 aliphatic heterocycles.